The SMILES string of the molecule is C[C@@H]1[C@@H](C(C)(C)O)[C@H](CCn2cc(CCO)nn2)O[C@@]12C(=O)N(Cc1ccccc1)c1ccc(N3CCC3=O)cc12. The Balaban J connectivity index is 1.39. The monoisotopic (exact) mass is 559 g/mol. The summed E-state index contributed by atoms with van der Waals surface area (Å²) in [5.74, 6) is -0.808. The van der Waals surface area contributed by atoms with Gasteiger partial charge in [-0.25, -0.2) is 0 Å². The number of hydrogen-bond acceptors (Lipinski definition) is 7. The summed E-state index contributed by atoms with van der Waals surface area (Å²) >= 11 is 0. The molecule has 3 aromatic rings. The second-order valence-electron chi connectivity index (χ2n) is 12.0. The van der Waals surface area contributed by atoms with Crippen LogP contribution in [0.3, 0.4) is 0 Å². The van der Waals surface area contributed by atoms with Crippen LogP contribution in [0.2, 0.25) is 0 Å². The molecule has 1 aromatic heterocycles. The number of fused-ring (bicyclic) bond motifs is 2. The van der Waals surface area contributed by atoms with Gasteiger partial charge in [0.25, 0.3) is 5.91 Å². The number of aliphatic hydroxyl groups excluding tert-OH is 1. The van der Waals surface area contributed by atoms with Crippen molar-refractivity contribution < 1.29 is 24.5 Å². The summed E-state index contributed by atoms with van der Waals surface area (Å²) in [6.45, 7) is 7.05. The van der Waals surface area contributed by atoms with Crippen LogP contribution in [0.1, 0.15) is 50.4 Å². The van der Waals surface area contributed by atoms with E-state index in [1.807, 2.05) is 55.5 Å². The molecule has 4 atom stereocenters. The Morgan fingerprint density at radius 2 is 1.93 bits per heavy atom. The first-order valence-corrected chi connectivity index (χ1v) is 14.3. The number of ether oxygens (including phenoxy) is 1. The number of rotatable bonds is 9. The van der Waals surface area contributed by atoms with Gasteiger partial charge in [0.15, 0.2) is 5.60 Å². The van der Waals surface area contributed by atoms with E-state index < -0.39 is 17.3 Å². The highest BCUT2D eigenvalue weighted by molar-refractivity contribution is 6.08. The first-order chi connectivity index (χ1) is 19.6. The highest BCUT2D eigenvalue weighted by Crippen LogP contribution is 2.58. The van der Waals surface area contributed by atoms with Crippen LogP contribution in [-0.4, -0.2) is 61.9 Å². The molecular formula is C31H37N5O5. The van der Waals surface area contributed by atoms with Crippen molar-refractivity contribution in [1.82, 2.24) is 15.0 Å². The number of β-lactam (4-membered cyclic amide) rings is 1. The molecule has 2 fully saturated rings. The Labute approximate surface area is 239 Å². The number of hydrogen-bond donors (Lipinski definition) is 2. The zero-order chi connectivity index (χ0) is 28.9. The first kappa shape index (κ1) is 27.6. The van der Waals surface area contributed by atoms with Crippen molar-refractivity contribution >= 4 is 23.2 Å². The fourth-order valence-electron chi connectivity index (χ4n) is 6.95. The van der Waals surface area contributed by atoms with E-state index in [4.69, 9.17) is 4.74 Å². The molecule has 2 aromatic carbocycles. The summed E-state index contributed by atoms with van der Waals surface area (Å²) in [7, 11) is 0. The van der Waals surface area contributed by atoms with Crippen molar-refractivity contribution in [2.24, 2.45) is 11.8 Å². The van der Waals surface area contributed by atoms with Crippen LogP contribution in [0.5, 0.6) is 0 Å². The molecule has 216 valence electrons. The minimum absolute atomic E-state index is 0.00272. The van der Waals surface area contributed by atoms with Crippen LogP contribution < -0.4 is 9.80 Å². The lowest BCUT2D eigenvalue weighted by Gasteiger charge is -2.34. The van der Waals surface area contributed by atoms with Crippen LogP contribution in [0, 0.1) is 11.8 Å². The maximum absolute atomic E-state index is 14.6. The average molecular weight is 560 g/mol. The fraction of sp³-hybridized carbons (Fsp3) is 0.484. The van der Waals surface area contributed by atoms with E-state index in [0.717, 1.165) is 22.5 Å². The minimum Gasteiger partial charge on any atom is -0.396 e. The van der Waals surface area contributed by atoms with Crippen LogP contribution >= 0.6 is 0 Å². The molecule has 2 amide bonds. The smallest absolute Gasteiger partial charge is 0.264 e. The van der Waals surface area contributed by atoms with Crippen molar-refractivity contribution in [1.29, 1.82) is 0 Å². The van der Waals surface area contributed by atoms with Crippen molar-refractivity contribution in [2.75, 3.05) is 23.0 Å². The number of carbonyl (C=O) groups is 2. The van der Waals surface area contributed by atoms with Crippen LogP contribution in [0.4, 0.5) is 11.4 Å². The Morgan fingerprint density at radius 1 is 1.15 bits per heavy atom. The van der Waals surface area contributed by atoms with E-state index in [0.29, 0.717) is 44.6 Å². The predicted octanol–water partition coefficient (Wildman–Crippen LogP) is 2.80. The molecule has 0 saturated carbocycles. The second kappa shape index (κ2) is 10.3. The number of amides is 2. The van der Waals surface area contributed by atoms with Gasteiger partial charge in [-0.05, 0) is 44.0 Å². The summed E-state index contributed by atoms with van der Waals surface area (Å²) in [6.07, 6.45) is 2.81. The quantitative estimate of drug-likeness (QED) is 0.387. The van der Waals surface area contributed by atoms with Gasteiger partial charge in [-0.3, -0.25) is 14.3 Å². The van der Waals surface area contributed by atoms with Crippen molar-refractivity contribution in [3.05, 3.63) is 71.5 Å². The molecule has 2 saturated heterocycles. The maximum Gasteiger partial charge on any atom is 0.264 e. The molecule has 0 bridgehead atoms. The van der Waals surface area contributed by atoms with Gasteiger partial charge in [-0.2, -0.15) is 0 Å². The summed E-state index contributed by atoms with van der Waals surface area (Å²) in [6, 6.07) is 15.6. The Hall–Kier alpha value is -3.60. The third-order valence-electron chi connectivity index (χ3n) is 8.91. The summed E-state index contributed by atoms with van der Waals surface area (Å²) in [5, 5.41) is 28.9. The molecule has 10 heteroatoms. The molecule has 2 N–H and O–H groups in total. The molecule has 6 rings (SSSR count). The number of aliphatic hydroxyl groups is 2. The topological polar surface area (TPSA) is 121 Å². The Morgan fingerprint density at radius 3 is 2.59 bits per heavy atom. The number of aromatic nitrogens is 3. The zero-order valence-corrected chi connectivity index (χ0v) is 23.7. The number of benzene rings is 2. The average Bonchev–Trinajstić information content (AvgIpc) is 3.57. The second-order valence-corrected chi connectivity index (χ2v) is 12.0. The zero-order valence-electron chi connectivity index (χ0n) is 23.7. The third-order valence-corrected chi connectivity index (χ3v) is 8.91. The number of carbonyl (C=O) groups excluding carboxylic acids is 2. The van der Waals surface area contributed by atoms with Crippen molar-refractivity contribution in [2.45, 2.75) is 70.4 Å². The summed E-state index contributed by atoms with van der Waals surface area (Å²) < 4.78 is 8.61. The molecule has 0 radical (unpaired) electrons. The van der Waals surface area contributed by atoms with E-state index in [9.17, 15) is 19.8 Å². The lowest BCUT2D eigenvalue weighted by atomic mass is 9.70. The van der Waals surface area contributed by atoms with E-state index in [1.165, 1.54) is 0 Å². The summed E-state index contributed by atoms with van der Waals surface area (Å²) in [5.41, 5.74) is 1.52. The van der Waals surface area contributed by atoms with E-state index >= 15 is 0 Å². The minimum atomic E-state index is -1.31. The normalized spacial score (nSPS) is 25.7. The molecule has 0 aliphatic carbocycles. The van der Waals surface area contributed by atoms with Gasteiger partial charge in [-0.1, -0.05) is 42.5 Å². The molecule has 3 aliphatic heterocycles. The standard InChI is InChI=1S/C31H37N5O5/c1-20-28(30(2,3)40)26(11-14-34-19-22(13-16-37)32-33-34)41-31(20)24-17-23(35-15-12-27(35)38)9-10-25(24)36(29(31)39)18-21-7-5-4-6-8-21/h4-10,17,19-20,26,28,37,40H,11-16,18H2,1-3H3/t20-,26+,28-,31+/m1/s1. The predicted molar refractivity (Wildman–Crippen MR) is 152 cm³/mol. The third kappa shape index (κ3) is 4.64. The van der Waals surface area contributed by atoms with E-state index in [2.05, 4.69) is 10.3 Å². The molecular weight excluding hydrogens is 522 g/mol. The van der Waals surface area contributed by atoms with Gasteiger partial charge in [0, 0.05) is 61.8 Å². The Bertz CT molecular complexity index is 1450. The number of nitrogens with zero attached hydrogens (tertiary/aromatic N) is 5. The summed E-state index contributed by atoms with van der Waals surface area (Å²) in [4.78, 5) is 30.4. The highest BCUT2D eigenvalue weighted by atomic mass is 16.5. The van der Waals surface area contributed by atoms with Crippen LogP contribution in [0.25, 0.3) is 0 Å². The van der Waals surface area contributed by atoms with Gasteiger partial charge in [-0.15, -0.1) is 5.10 Å². The highest BCUT2D eigenvalue weighted by Gasteiger charge is 2.65. The molecule has 0 unspecified atom stereocenters. The maximum atomic E-state index is 14.6. The largest absolute Gasteiger partial charge is 0.396 e. The van der Waals surface area contributed by atoms with Gasteiger partial charge in [0.1, 0.15) is 0 Å². The van der Waals surface area contributed by atoms with E-state index in [1.54, 1.807) is 34.5 Å². The number of anilines is 2. The van der Waals surface area contributed by atoms with Crippen LogP contribution in [-0.2, 0) is 39.4 Å². The molecule has 10 nitrogen and oxygen atoms in total. The van der Waals surface area contributed by atoms with E-state index in [-0.39, 0.29) is 30.3 Å². The van der Waals surface area contributed by atoms with Crippen molar-refractivity contribution in [3.63, 3.8) is 0 Å². The molecule has 3 aliphatic rings. The first-order valence-electron chi connectivity index (χ1n) is 14.3. The van der Waals surface area contributed by atoms with Gasteiger partial charge in [0.05, 0.1) is 29.6 Å². The fourth-order valence-corrected chi connectivity index (χ4v) is 6.95. The molecule has 1 spiro atoms. The number of aryl methyl sites for hydroxylation is 1. The van der Waals surface area contributed by atoms with Gasteiger partial charge >= 0.3 is 0 Å². The van der Waals surface area contributed by atoms with Gasteiger partial charge in [0.2, 0.25) is 5.91 Å². The van der Waals surface area contributed by atoms with Crippen molar-refractivity contribution in [3.8, 4) is 0 Å². The van der Waals surface area contributed by atoms with Gasteiger partial charge < -0.3 is 24.7 Å². The lowest BCUT2D eigenvalue weighted by molar-refractivity contribution is -0.146. The molecule has 41 heavy (non-hydrogen) atoms. The Kier molecular flexibility index (Phi) is 6.96. The van der Waals surface area contributed by atoms with Crippen LogP contribution in [0.15, 0.2) is 54.7 Å². The molecule has 4 heterocycles. The lowest BCUT2D eigenvalue weighted by Crippen LogP contribution is -2.46.